The summed E-state index contributed by atoms with van der Waals surface area (Å²) in [7, 11) is 1.74. The van der Waals surface area contributed by atoms with Crippen LogP contribution in [0.1, 0.15) is 18.9 Å². The van der Waals surface area contributed by atoms with Crippen LogP contribution in [0, 0.1) is 0 Å². The van der Waals surface area contributed by atoms with Crippen LogP contribution in [0.15, 0.2) is 12.7 Å². The van der Waals surface area contributed by atoms with Gasteiger partial charge in [0.15, 0.2) is 11.5 Å². The predicted molar refractivity (Wildman–Crippen MR) is 58.8 cm³/mol. The highest BCUT2D eigenvalue weighted by Crippen LogP contribution is 2.35. The molecule has 6 heteroatoms. The lowest BCUT2D eigenvalue weighted by molar-refractivity contribution is 0.00719. The maximum atomic E-state index is 5.73. The molecular formula is C10H13N5O. The molecule has 0 aromatic carbocycles. The lowest BCUT2D eigenvalue weighted by Gasteiger charge is -2.34. The van der Waals surface area contributed by atoms with Crippen LogP contribution in [0.4, 0.5) is 5.82 Å². The average molecular weight is 219 g/mol. The zero-order valence-electron chi connectivity index (χ0n) is 9.00. The first-order valence-electron chi connectivity index (χ1n) is 5.25. The Morgan fingerprint density at radius 3 is 2.94 bits per heavy atom. The van der Waals surface area contributed by atoms with Gasteiger partial charge in [0.25, 0.3) is 0 Å². The van der Waals surface area contributed by atoms with Gasteiger partial charge in [0.1, 0.15) is 11.8 Å². The fourth-order valence-corrected chi connectivity index (χ4v) is 2.09. The largest absolute Gasteiger partial charge is 0.382 e. The van der Waals surface area contributed by atoms with E-state index >= 15 is 0 Å². The Kier molecular flexibility index (Phi) is 2.03. The first-order chi connectivity index (χ1) is 7.79. The molecule has 2 aromatic heterocycles. The molecule has 0 radical (unpaired) electrons. The molecule has 1 aliphatic rings. The number of methoxy groups -OCH3 is 1. The van der Waals surface area contributed by atoms with E-state index in [9.17, 15) is 0 Å². The van der Waals surface area contributed by atoms with E-state index in [1.54, 1.807) is 13.4 Å². The molecule has 1 aliphatic carbocycles. The highest BCUT2D eigenvalue weighted by atomic mass is 16.5. The Labute approximate surface area is 92.5 Å². The van der Waals surface area contributed by atoms with E-state index in [0.717, 1.165) is 18.5 Å². The quantitative estimate of drug-likeness (QED) is 0.806. The van der Waals surface area contributed by atoms with Gasteiger partial charge in [0, 0.05) is 13.2 Å². The Hall–Kier alpha value is -1.69. The van der Waals surface area contributed by atoms with Gasteiger partial charge in [-0.3, -0.25) is 0 Å². The van der Waals surface area contributed by atoms with Gasteiger partial charge < -0.3 is 15.0 Å². The number of rotatable bonds is 2. The molecule has 1 fully saturated rings. The second kappa shape index (κ2) is 3.41. The van der Waals surface area contributed by atoms with Gasteiger partial charge in [0.2, 0.25) is 0 Å². The molecule has 2 heterocycles. The highest BCUT2D eigenvalue weighted by Gasteiger charge is 2.31. The summed E-state index contributed by atoms with van der Waals surface area (Å²) in [6, 6.07) is 0.421. The van der Waals surface area contributed by atoms with Crippen LogP contribution in [0.5, 0.6) is 0 Å². The van der Waals surface area contributed by atoms with Gasteiger partial charge in [-0.15, -0.1) is 0 Å². The summed E-state index contributed by atoms with van der Waals surface area (Å²) < 4.78 is 7.32. The number of nitrogens with two attached hydrogens (primary N) is 1. The Bertz CT molecular complexity index is 517. The monoisotopic (exact) mass is 219 g/mol. The second-order valence-corrected chi connectivity index (χ2v) is 4.07. The van der Waals surface area contributed by atoms with Crippen molar-refractivity contribution < 1.29 is 4.74 Å². The molecule has 16 heavy (non-hydrogen) atoms. The maximum Gasteiger partial charge on any atom is 0.165 e. The minimum Gasteiger partial charge on any atom is -0.382 e. The molecule has 0 unspecified atom stereocenters. The average Bonchev–Trinajstić information content (AvgIpc) is 2.62. The van der Waals surface area contributed by atoms with Crippen molar-refractivity contribution in [2.75, 3.05) is 12.8 Å². The standard InChI is InChI=1S/C10H13N5O/c1-16-7-2-6(3-7)15-5-14-8-9(11)12-4-13-10(8)15/h4-7H,2-3H2,1H3,(H2,11,12,13). The number of nitrogens with zero attached hydrogens (tertiary/aromatic N) is 4. The number of aromatic nitrogens is 4. The van der Waals surface area contributed by atoms with Crippen LogP contribution in [-0.4, -0.2) is 32.7 Å². The summed E-state index contributed by atoms with van der Waals surface area (Å²) in [5.74, 6) is 0.436. The third-order valence-electron chi connectivity index (χ3n) is 3.18. The highest BCUT2D eigenvalue weighted by molar-refractivity contribution is 5.81. The molecule has 84 valence electrons. The van der Waals surface area contributed by atoms with E-state index in [2.05, 4.69) is 19.5 Å². The molecule has 1 saturated carbocycles. The third-order valence-corrected chi connectivity index (χ3v) is 3.18. The molecule has 0 aliphatic heterocycles. The van der Waals surface area contributed by atoms with Crippen LogP contribution in [-0.2, 0) is 4.74 Å². The van der Waals surface area contributed by atoms with Crippen LogP contribution in [0.25, 0.3) is 11.2 Å². The van der Waals surface area contributed by atoms with Crippen LogP contribution >= 0.6 is 0 Å². The van der Waals surface area contributed by atoms with Crippen molar-refractivity contribution in [1.82, 2.24) is 19.5 Å². The van der Waals surface area contributed by atoms with Crippen molar-refractivity contribution >= 4 is 17.0 Å². The number of fused-ring (bicyclic) bond motifs is 1. The van der Waals surface area contributed by atoms with Gasteiger partial charge >= 0.3 is 0 Å². The first-order valence-corrected chi connectivity index (χ1v) is 5.25. The Morgan fingerprint density at radius 2 is 2.19 bits per heavy atom. The van der Waals surface area contributed by atoms with E-state index < -0.39 is 0 Å². The Morgan fingerprint density at radius 1 is 1.38 bits per heavy atom. The van der Waals surface area contributed by atoms with E-state index in [0.29, 0.717) is 23.5 Å². The number of anilines is 1. The fourth-order valence-electron chi connectivity index (χ4n) is 2.09. The van der Waals surface area contributed by atoms with Gasteiger partial charge in [-0.1, -0.05) is 0 Å². The lowest BCUT2D eigenvalue weighted by Crippen LogP contribution is -2.32. The molecule has 2 N–H and O–H groups in total. The van der Waals surface area contributed by atoms with Crippen molar-refractivity contribution in [2.45, 2.75) is 25.0 Å². The molecule has 2 aromatic rings. The summed E-state index contributed by atoms with van der Waals surface area (Å²) in [6.07, 6.45) is 5.63. The summed E-state index contributed by atoms with van der Waals surface area (Å²) in [5.41, 5.74) is 7.23. The van der Waals surface area contributed by atoms with Crippen LogP contribution < -0.4 is 5.73 Å². The molecule has 0 bridgehead atoms. The first kappa shape index (κ1) is 9.53. The number of nitrogen functional groups attached to an aromatic ring is 1. The summed E-state index contributed by atoms with van der Waals surface area (Å²) >= 11 is 0. The number of hydrogen-bond donors (Lipinski definition) is 1. The normalized spacial score (nSPS) is 24.6. The maximum absolute atomic E-state index is 5.73. The molecule has 0 saturated heterocycles. The predicted octanol–water partition coefficient (Wildman–Crippen LogP) is 0.758. The zero-order chi connectivity index (χ0) is 11.1. The van der Waals surface area contributed by atoms with E-state index in [1.165, 1.54) is 6.33 Å². The number of imidazole rings is 1. The molecule has 0 atom stereocenters. The fraction of sp³-hybridized carbons (Fsp3) is 0.500. The number of ether oxygens (including phenoxy) is 1. The summed E-state index contributed by atoms with van der Waals surface area (Å²) in [5, 5.41) is 0. The van der Waals surface area contributed by atoms with E-state index in [4.69, 9.17) is 10.5 Å². The summed E-state index contributed by atoms with van der Waals surface area (Å²) in [4.78, 5) is 12.4. The minimum absolute atomic E-state index is 0.363. The third kappa shape index (κ3) is 1.26. The lowest BCUT2D eigenvalue weighted by atomic mass is 9.89. The topological polar surface area (TPSA) is 78.9 Å². The van der Waals surface area contributed by atoms with Crippen molar-refractivity contribution in [3.63, 3.8) is 0 Å². The van der Waals surface area contributed by atoms with E-state index in [-0.39, 0.29) is 0 Å². The minimum atomic E-state index is 0.363. The molecule has 3 rings (SSSR count). The van der Waals surface area contributed by atoms with Crippen molar-refractivity contribution in [1.29, 1.82) is 0 Å². The molecule has 0 spiro atoms. The molecular weight excluding hydrogens is 206 g/mol. The van der Waals surface area contributed by atoms with Gasteiger partial charge in [-0.2, -0.15) is 0 Å². The van der Waals surface area contributed by atoms with Gasteiger partial charge in [-0.05, 0) is 12.8 Å². The van der Waals surface area contributed by atoms with Gasteiger partial charge in [0.05, 0.1) is 12.4 Å². The number of hydrogen-bond acceptors (Lipinski definition) is 5. The zero-order valence-corrected chi connectivity index (χ0v) is 9.00. The summed E-state index contributed by atoms with van der Waals surface area (Å²) in [6.45, 7) is 0. The molecule has 6 nitrogen and oxygen atoms in total. The van der Waals surface area contributed by atoms with Crippen LogP contribution in [0.2, 0.25) is 0 Å². The SMILES string of the molecule is COC1CC(n2cnc3c(N)ncnc32)C1. The van der Waals surface area contributed by atoms with Crippen LogP contribution in [0.3, 0.4) is 0 Å². The van der Waals surface area contributed by atoms with Crippen molar-refractivity contribution in [3.05, 3.63) is 12.7 Å². The van der Waals surface area contributed by atoms with Gasteiger partial charge in [-0.25, -0.2) is 15.0 Å². The molecule has 0 amide bonds. The second-order valence-electron chi connectivity index (χ2n) is 4.07. The smallest absolute Gasteiger partial charge is 0.165 e. The van der Waals surface area contributed by atoms with Crippen molar-refractivity contribution in [2.24, 2.45) is 0 Å². The van der Waals surface area contributed by atoms with E-state index in [1.807, 2.05) is 0 Å². The van der Waals surface area contributed by atoms with Crippen molar-refractivity contribution in [3.8, 4) is 0 Å². The Balaban J connectivity index is 1.97.